The maximum absolute atomic E-state index is 10.4. The van der Waals surface area contributed by atoms with Crippen molar-refractivity contribution in [2.45, 2.75) is 12.8 Å². The van der Waals surface area contributed by atoms with Gasteiger partial charge in [0.15, 0.2) is 0 Å². The van der Waals surface area contributed by atoms with Crippen LogP contribution in [0.15, 0.2) is 24.3 Å². The Kier molecular flexibility index (Phi) is 4.48. The van der Waals surface area contributed by atoms with Crippen LogP contribution in [0.3, 0.4) is 0 Å². The third-order valence-electron chi connectivity index (χ3n) is 1.90. The van der Waals surface area contributed by atoms with Crippen LogP contribution in [-0.2, 0) is 11.2 Å². The molecule has 1 rings (SSSR count). The average molecular weight is 227 g/mol. The van der Waals surface area contributed by atoms with Crippen molar-refractivity contribution < 1.29 is 6.17 Å². The number of carbonyl (C=O) groups excluding carboxylic acids is 1. The summed E-state index contributed by atoms with van der Waals surface area (Å²) in [4.78, 5) is 10.4. The van der Waals surface area contributed by atoms with E-state index in [4.69, 9.17) is 18.7 Å². The fraction of sp³-hybridized carbons (Fsp3) is 0.364. The lowest BCUT2D eigenvalue weighted by Gasteiger charge is -2.02. The Bertz CT molecular complexity index is 342. The summed E-state index contributed by atoms with van der Waals surface area (Å²) in [6.45, 7) is -0.570. The molecule has 0 aromatic heterocycles. The summed E-state index contributed by atoms with van der Waals surface area (Å²) in [5, 5.41) is 3.37. The smallest absolute Gasteiger partial charge is 0.252 e. The van der Waals surface area contributed by atoms with Gasteiger partial charge in [0, 0.05) is 6.39 Å². The van der Waals surface area contributed by atoms with Crippen LogP contribution in [0.1, 0.15) is 13.4 Å². The Balaban J connectivity index is 2.28. The summed E-state index contributed by atoms with van der Waals surface area (Å²) < 4.78 is 7.58. The molecule has 1 amide bonds. The maximum atomic E-state index is 10.4. The van der Waals surface area contributed by atoms with Crippen LogP contribution in [0.4, 0.5) is 0 Å². The molecule has 81 valence electrons. The van der Waals surface area contributed by atoms with Gasteiger partial charge in [-0.2, -0.15) is 0 Å². The summed E-state index contributed by atoms with van der Waals surface area (Å²) in [6.07, 6.45) is 1.36. The highest BCUT2D eigenvalue weighted by molar-refractivity contribution is 6.30. The summed E-state index contributed by atoms with van der Waals surface area (Å²) in [6, 6.07) is 7.47. The van der Waals surface area contributed by atoms with Crippen molar-refractivity contribution in [3.63, 3.8) is 0 Å². The van der Waals surface area contributed by atoms with Gasteiger partial charge in [-0.1, -0.05) is 23.7 Å². The second-order valence-electron chi connectivity index (χ2n) is 3.17. The first-order valence-electron chi connectivity index (χ1n) is 5.30. The lowest BCUT2D eigenvalue weighted by molar-refractivity contribution is -0.117. The Labute approximate surface area is 96.0 Å². The number of rotatable bonds is 6. The number of aryl methyl sites for hydroxylation is 1. The zero-order chi connectivity index (χ0) is 12.0. The molecule has 1 radical (unpaired) electrons. The molecule has 0 fully saturated rings. The molecule has 0 saturated heterocycles. The molecule has 15 heavy (non-hydrogen) atoms. The number of amides is 1. The fourth-order valence-corrected chi connectivity index (χ4v) is 1.28. The van der Waals surface area contributed by atoms with Crippen molar-refractivity contribution in [2.24, 2.45) is 0 Å². The first kappa shape index (κ1) is 10.5. The number of hydrogen-bond acceptors (Lipinski definition) is 2. The second-order valence-corrected chi connectivity index (χ2v) is 3.61. The summed E-state index contributed by atoms with van der Waals surface area (Å²) in [7, 11) is 0. The van der Waals surface area contributed by atoms with Gasteiger partial charge in [-0.15, -0.1) is 0 Å². The maximum Gasteiger partial charge on any atom is 0.252 e. The highest BCUT2D eigenvalue weighted by atomic mass is 35.5. The van der Waals surface area contributed by atoms with Gasteiger partial charge in [0.1, 0.15) is 0 Å². The molecule has 1 aromatic carbocycles. The van der Waals surface area contributed by atoms with Crippen molar-refractivity contribution in [1.29, 1.82) is 0 Å². The van der Waals surface area contributed by atoms with Crippen molar-refractivity contribution in [2.75, 3.05) is 13.1 Å². The Morgan fingerprint density at radius 2 is 2.13 bits per heavy atom. The molecule has 0 aliphatic rings. The van der Waals surface area contributed by atoms with Crippen molar-refractivity contribution in [3.05, 3.63) is 34.9 Å². The van der Waals surface area contributed by atoms with E-state index < -0.39 is 12.4 Å². The molecule has 3 nitrogen and oxygen atoms in total. The van der Waals surface area contributed by atoms with E-state index in [-0.39, 0.29) is 6.54 Å². The minimum Gasteiger partial charge on any atom is -0.308 e. The van der Waals surface area contributed by atoms with E-state index in [1.165, 1.54) is 0 Å². The van der Waals surface area contributed by atoms with E-state index >= 15 is 0 Å². The minimum atomic E-state index is -0.691. The molecule has 0 saturated carbocycles. The molecule has 0 heterocycles. The topological polar surface area (TPSA) is 52.9 Å². The molecule has 1 atom stereocenters. The van der Waals surface area contributed by atoms with Crippen molar-refractivity contribution in [3.8, 4) is 0 Å². The highest BCUT2D eigenvalue weighted by Gasteiger charge is 1.95. The normalized spacial score (nSPS) is 13.3. The van der Waals surface area contributed by atoms with E-state index in [1.807, 2.05) is 24.3 Å². The van der Waals surface area contributed by atoms with Crippen LogP contribution in [0.25, 0.3) is 0 Å². The molecule has 0 aliphatic heterocycles. The van der Waals surface area contributed by atoms with Crippen LogP contribution < -0.4 is 11.1 Å². The second kappa shape index (κ2) is 6.43. The number of nitrogens with one attached hydrogen (secondary N) is 2. The van der Waals surface area contributed by atoms with Gasteiger partial charge in [-0.25, -0.2) is 0 Å². The molecular weight excluding hydrogens is 212 g/mol. The van der Waals surface area contributed by atoms with E-state index in [9.17, 15) is 4.79 Å². The van der Waals surface area contributed by atoms with E-state index in [2.05, 4.69) is 5.32 Å². The van der Waals surface area contributed by atoms with E-state index in [1.54, 1.807) is 0 Å². The SMILES string of the molecule is [2H][C@@H](CCc1ccc(Cl)cc1)NCC([NH])=O. The first-order chi connectivity index (χ1) is 7.58. The van der Waals surface area contributed by atoms with Gasteiger partial charge in [0.25, 0.3) is 5.91 Å². The number of hydrogen-bond donors (Lipinski definition) is 1. The molecule has 0 unspecified atom stereocenters. The molecule has 0 bridgehead atoms. The monoisotopic (exact) mass is 226 g/mol. The van der Waals surface area contributed by atoms with Gasteiger partial charge < -0.3 is 5.32 Å². The van der Waals surface area contributed by atoms with Gasteiger partial charge in [0.05, 0.1) is 6.54 Å². The van der Waals surface area contributed by atoms with Gasteiger partial charge in [0.2, 0.25) is 0 Å². The molecular formula is C11H14ClN2O. The number of halogens is 1. The average Bonchev–Trinajstić information content (AvgIpc) is 2.25. The fourth-order valence-electron chi connectivity index (χ4n) is 1.16. The number of benzene rings is 1. The van der Waals surface area contributed by atoms with Crippen LogP contribution >= 0.6 is 11.6 Å². The summed E-state index contributed by atoms with van der Waals surface area (Å²) in [5.41, 5.74) is 7.80. The van der Waals surface area contributed by atoms with Crippen LogP contribution in [0.2, 0.25) is 5.02 Å². The molecule has 2 N–H and O–H groups in total. The van der Waals surface area contributed by atoms with Gasteiger partial charge in [-0.3, -0.25) is 10.5 Å². The van der Waals surface area contributed by atoms with Crippen molar-refractivity contribution >= 4 is 17.5 Å². The Morgan fingerprint density at radius 1 is 1.47 bits per heavy atom. The largest absolute Gasteiger partial charge is 0.308 e. The van der Waals surface area contributed by atoms with Crippen molar-refractivity contribution in [1.82, 2.24) is 11.1 Å². The molecule has 4 heteroatoms. The third-order valence-corrected chi connectivity index (χ3v) is 2.15. The Hall–Kier alpha value is -1.06. The summed E-state index contributed by atoms with van der Waals surface area (Å²) >= 11 is 5.75. The standard InChI is InChI=1S/C11H14ClN2O/c12-10-5-3-9(4-6-10)2-1-7-14-8-11(13)15/h3-6,13-14H,1-2,7-8H2/i7D/t7-/m0/s1. The predicted molar refractivity (Wildman–Crippen MR) is 60.7 cm³/mol. The van der Waals surface area contributed by atoms with Crippen LogP contribution in [-0.4, -0.2) is 19.0 Å². The van der Waals surface area contributed by atoms with Crippen LogP contribution in [0, 0.1) is 0 Å². The van der Waals surface area contributed by atoms with Gasteiger partial charge in [-0.05, 0) is 37.1 Å². The van der Waals surface area contributed by atoms with E-state index in [0.717, 1.165) is 12.0 Å². The van der Waals surface area contributed by atoms with E-state index in [0.29, 0.717) is 11.4 Å². The lowest BCUT2D eigenvalue weighted by Crippen LogP contribution is -2.24. The first-order valence-corrected chi connectivity index (χ1v) is 5.10. The zero-order valence-electron chi connectivity index (χ0n) is 9.29. The predicted octanol–water partition coefficient (Wildman–Crippen LogP) is 1.67. The minimum absolute atomic E-state index is 0.0607. The van der Waals surface area contributed by atoms with Gasteiger partial charge >= 0.3 is 0 Å². The summed E-state index contributed by atoms with van der Waals surface area (Å²) in [5.74, 6) is -0.691. The molecule has 0 aliphatic carbocycles. The quantitative estimate of drug-likeness (QED) is 0.802. The Morgan fingerprint density at radius 3 is 2.73 bits per heavy atom. The zero-order valence-corrected chi connectivity index (χ0v) is 9.05. The molecule has 1 aromatic rings. The number of carbonyl (C=O) groups is 1. The third kappa shape index (κ3) is 5.40. The molecule has 0 spiro atoms. The highest BCUT2D eigenvalue weighted by Crippen LogP contribution is 2.10. The van der Waals surface area contributed by atoms with Crippen LogP contribution in [0.5, 0.6) is 0 Å². The lowest BCUT2D eigenvalue weighted by atomic mass is 10.1.